The number of amides is 2. The monoisotopic (exact) mass is 308 g/mol. The first-order chi connectivity index (χ1) is 10.7. The summed E-state index contributed by atoms with van der Waals surface area (Å²) in [5, 5.41) is 2.70. The van der Waals surface area contributed by atoms with E-state index in [2.05, 4.69) is 5.32 Å². The maximum absolute atomic E-state index is 12.6. The first-order valence-corrected chi connectivity index (χ1v) is 6.99. The van der Waals surface area contributed by atoms with Gasteiger partial charge in [-0.2, -0.15) is 0 Å². The number of hydrogen-bond acceptors (Lipinski definition) is 5. The molecule has 0 bridgehead atoms. The van der Waals surface area contributed by atoms with Crippen LogP contribution in [0.3, 0.4) is 0 Å². The summed E-state index contributed by atoms with van der Waals surface area (Å²) in [5.74, 6) is 0.195. The van der Waals surface area contributed by atoms with E-state index >= 15 is 0 Å². The van der Waals surface area contributed by atoms with Crippen molar-refractivity contribution in [1.82, 2.24) is 4.90 Å². The average Bonchev–Trinajstić information content (AvgIpc) is 2.53. The fourth-order valence-electron chi connectivity index (χ4n) is 2.12. The van der Waals surface area contributed by atoms with Crippen molar-refractivity contribution in [1.29, 1.82) is 0 Å². The lowest BCUT2D eigenvalue weighted by molar-refractivity contribution is -0.118. The smallest absolute Gasteiger partial charge is 0.262 e. The molecule has 1 heterocycles. The lowest BCUT2D eigenvalue weighted by Gasteiger charge is -2.23. The Hall–Kier alpha value is -2.12. The zero-order valence-corrected chi connectivity index (χ0v) is 12.8. The predicted octanol–water partition coefficient (Wildman–Crippen LogP) is 0.752. The van der Waals surface area contributed by atoms with Crippen LogP contribution < -0.4 is 10.1 Å². The Morgan fingerprint density at radius 2 is 1.95 bits per heavy atom. The third-order valence-electron chi connectivity index (χ3n) is 3.28. The minimum absolute atomic E-state index is 0.00586. The molecule has 0 aromatic heterocycles. The third kappa shape index (κ3) is 3.96. The van der Waals surface area contributed by atoms with Gasteiger partial charge in [0.05, 0.1) is 18.9 Å². The van der Waals surface area contributed by atoms with E-state index in [0.717, 1.165) is 0 Å². The van der Waals surface area contributed by atoms with Crippen LogP contribution >= 0.6 is 0 Å². The van der Waals surface area contributed by atoms with Crippen LogP contribution in [-0.2, 0) is 14.3 Å². The molecule has 1 aromatic carbocycles. The van der Waals surface area contributed by atoms with Crippen LogP contribution in [0.15, 0.2) is 18.2 Å². The molecule has 1 N–H and O–H groups in total. The number of ether oxygens (including phenoxy) is 3. The number of hydrogen-bond donors (Lipinski definition) is 1. The largest absolute Gasteiger partial charge is 0.482 e. The van der Waals surface area contributed by atoms with Crippen LogP contribution in [0.2, 0.25) is 0 Å². The molecule has 0 radical (unpaired) electrons. The molecular weight excluding hydrogens is 288 g/mol. The lowest BCUT2D eigenvalue weighted by Crippen LogP contribution is -2.36. The van der Waals surface area contributed by atoms with Gasteiger partial charge in [0.1, 0.15) is 5.75 Å². The van der Waals surface area contributed by atoms with E-state index in [-0.39, 0.29) is 18.4 Å². The molecule has 7 heteroatoms. The maximum atomic E-state index is 12.6. The van der Waals surface area contributed by atoms with Crippen LogP contribution in [0.1, 0.15) is 10.4 Å². The van der Waals surface area contributed by atoms with E-state index in [4.69, 9.17) is 14.2 Å². The molecule has 0 saturated carbocycles. The Morgan fingerprint density at radius 1 is 1.27 bits per heavy atom. The SMILES string of the molecule is COCCN(CCOC)C(=O)c1ccc2c(c1)NC(=O)CO2. The van der Waals surface area contributed by atoms with Gasteiger partial charge >= 0.3 is 0 Å². The summed E-state index contributed by atoms with van der Waals surface area (Å²) in [4.78, 5) is 25.6. The Morgan fingerprint density at radius 3 is 2.59 bits per heavy atom. The first-order valence-electron chi connectivity index (χ1n) is 6.99. The Kier molecular flexibility index (Phi) is 5.74. The van der Waals surface area contributed by atoms with Gasteiger partial charge < -0.3 is 24.4 Å². The van der Waals surface area contributed by atoms with Crippen molar-refractivity contribution in [3.63, 3.8) is 0 Å². The molecule has 0 saturated heterocycles. The summed E-state index contributed by atoms with van der Waals surface area (Å²) in [7, 11) is 3.18. The number of anilines is 1. The van der Waals surface area contributed by atoms with Crippen molar-refractivity contribution in [2.75, 3.05) is 52.4 Å². The fourth-order valence-corrected chi connectivity index (χ4v) is 2.12. The van der Waals surface area contributed by atoms with Gasteiger partial charge in [0.25, 0.3) is 11.8 Å². The summed E-state index contributed by atoms with van der Waals surface area (Å²) in [6, 6.07) is 5.00. The fraction of sp³-hybridized carbons (Fsp3) is 0.467. The number of nitrogens with zero attached hydrogens (tertiary/aromatic N) is 1. The van der Waals surface area contributed by atoms with E-state index in [1.54, 1.807) is 37.3 Å². The highest BCUT2D eigenvalue weighted by Gasteiger charge is 2.20. The summed E-state index contributed by atoms with van der Waals surface area (Å²) < 4.78 is 15.3. The van der Waals surface area contributed by atoms with Crippen molar-refractivity contribution >= 4 is 17.5 Å². The number of nitrogens with one attached hydrogen (secondary N) is 1. The Labute approximate surface area is 129 Å². The first kappa shape index (κ1) is 16.3. The molecule has 0 spiro atoms. The molecule has 0 atom stereocenters. The van der Waals surface area contributed by atoms with E-state index in [9.17, 15) is 9.59 Å². The van der Waals surface area contributed by atoms with Crippen molar-refractivity contribution in [3.05, 3.63) is 23.8 Å². The number of fused-ring (bicyclic) bond motifs is 1. The second kappa shape index (κ2) is 7.77. The maximum Gasteiger partial charge on any atom is 0.262 e. The number of methoxy groups -OCH3 is 2. The zero-order chi connectivity index (χ0) is 15.9. The quantitative estimate of drug-likeness (QED) is 0.804. The van der Waals surface area contributed by atoms with E-state index in [1.165, 1.54) is 0 Å². The molecule has 120 valence electrons. The van der Waals surface area contributed by atoms with Crippen LogP contribution in [0.4, 0.5) is 5.69 Å². The van der Waals surface area contributed by atoms with Crippen LogP contribution in [0.5, 0.6) is 5.75 Å². The van der Waals surface area contributed by atoms with Crippen molar-refractivity contribution < 1.29 is 23.8 Å². The van der Waals surface area contributed by atoms with Crippen molar-refractivity contribution in [3.8, 4) is 5.75 Å². The second-order valence-electron chi connectivity index (χ2n) is 4.83. The minimum atomic E-state index is -0.229. The highest BCUT2D eigenvalue weighted by atomic mass is 16.5. The van der Waals surface area contributed by atoms with E-state index in [1.807, 2.05) is 0 Å². The summed E-state index contributed by atoms with van der Waals surface area (Å²) in [5.41, 5.74) is 0.997. The van der Waals surface area contributed by atoms with Gasteiger partial charge in [-0.05, 0) is 18.2 Å². The molecule has 2 amide bonds. The molecule has 2 rings (SSSR count). The molecule has 7 nitrogen and oxygen atoms in total. The normalized spacial score (nSPS) is 13.1. The summed E-state index contributed by atoms with van der Waals surface area (Å²) >= 11 is 0. The van der Waals surface area contributed by atoms with Crippen LogP contribution in [0.25, 0.3) is 0 Å². The van der Waals surface area contributed by atoms with Gasteiger partial charge in [0.15, 0.2) is 6.61 Å². The topological polar surface area (TPSA) is 77.1 Å². The van der Waals surface area contributed by atoms with Crippen LogP contribution in [0, 0.1) is 0 Å². The molecule has 1 aliphatic heterocycles. The lowest BCUT2D eigenvalue weighted by atomic mass is 10.1. The molecule has 0 aliphatic carbocycles. The zero-order valence-electron chi connectivity index (χ0n) is 12.8. The van der Waals surface area contributed by atoms with Crippen LogP contribution in [-0.4, -0.2) is 63.8 Å². The van der Waals surface area contributed by atoms with Crippen molar-refractivity contribution in [2.24, 2.45) is 0 Å². The predicted molar refractivity (Wildman–Crippen MR) is 80.2 cm³/mol. The standard InChI is InChI=1S/C15H20N2O5/c1-20-7-5-17(6-8-21-2)15(19)11-3-4-13-12(9-11)16-14(18)10-22-13/h3-4,9H,5-8,10H2,1-2H3,(H,16,18). The molecule has 22 heavy (non-hydrogen) atoms. The summed E-state index contributed by atoms with van der Waals surface area (Å²) in [6.07, 6.45) is 0. The average molecular weight is 308 g/mol. The van der Waals surface area contributed by atoms with E-state index < -0.39 is 0 Å². The van der Waals surface area contributed by atoms with Gasteiger partial charge in [0, 0.05) is 32.9 Å². The molecular formula is C15H20N2O5. The highest BCUT2D eigenvalue weighted by molar-refractivity contribution is 5.99. The van der Waals surface area contributed by atoms with Gasteiger partial charge in [-0.1, -0.05) is 0 Å². The van der Waals surface area contributed by atoms with Gasteiger partial charge in [-0.3, -0.25) is 9.59 Å². The molecule has 1 aliphatic rings. The van der Waals surface area contributed by atoms with Gasteiger partial charge in [0.2, 0.25) is 0 Å². The molecule has 0 fully saturated rings. The minimum Gasteiger partial charge on any atom is -0.482 e. The molecule has 0 unspecified atom stereocenters. The molecule has 1 aromatic rings. The van der Waals surface area contributed by atoms with Gasteiger partial charge in [-0.25, -0.2) is 0 Å². The van der Waals surface area contributed by atoms with Crippen molar-refractivity contribution in [2.45, 2.75) is 0 Å². The Balaban J connectivity index is 2.15. The number of carbonyl (C=O) groups excluding carboxylic acids is 2. The Bertz CT molecular complexity index is 539. The second-order valence-corrected chi connectivity index (χ2v) is 4.83. The number of rotatable bonds is 7. The third-order valence-corrected chi connectivity index (χ3v) is 3.28. The highest BCUT2D eigenvalue weighted by Crippen LogP contribution is 2.28. The number of benzene rings is 1. The summed E-state index contributed by atoms with van der Waals surface area (Å²) in [6.45, 7) is 1.83. The van der Waals surface area contributed by atoms with E-state index in [0.29, 0.717) is 43.3 Å². The number of carbonyl (C=O) groups is 2. The van der Waals surface area contributed by atoms with Gasteiger partial charge in [-0.15, -0.1) is 0 Å².